The quantitative estimate of drug-likeness (QED) is 0.910. The molecule has 2 N–H and O–H groups in total. The number of amides is 2. The summed E-state index contributed by atoms with van der Waals surface area (Å²) < 4.78 is 7.09. The van der Waals surface area contributed by atoms with Crippen molar-refractivity contribution in [3.05, 3.63) is 41.9 Å². The third-order valence-electron chi connectivity index (χ3n) is 3.56. The molecule has 1 saturated heterocycles. The second kappa shape index (κ2) is 6.81. The summed E-state index contributed by atoms with van der Waals surface area (Å²) in [7, 11) is 0. The van der Waals surface area contributed by atoms with Crippen LogP contribution in [0.1, 0.15) is 6.42 Å². The number of nitrogens with zero attached hydrogens (tertiary/aromatic N) is 2. The Morgan fingerprint density at radius 1 is 1.50 bits per heavy atom. The molecule has 7 heteroatoms. The lowest BCUT2D eigenvalue weighted by Crippen LogP contribution is -2.33. The van der Waals surface area contributed by atoms with E-state index < -0.39 is 0 Å². The molecule has 2 amide bonds. The number of hydrogen-bond donors (Lipinski definition) is 2. The third kappa shape index (κ3) is 3.58. The Morgan fingerprint density at radius 2 is 2.41 bits per heavy atom. The lowest BCUT2D eigenvalue weighted by atomic mass is 10.1. The van der Waals surface area contributed by atoms with Gasteiger partial charge in [-0.2, -0.15) is 0 Å². The van der Waals surface area contributed by atoms with Crippen molar-refractivity contribution in [1.82, 2.24) is 14.9 Å². The van der Waals surface area contributed by atoms with Gasteiger partial charge in [0.1, 0.15) is 0 Å². The molecule has 1 aromatic carbocycles. The Hall–Kier alpha value is -2.05. The molecule has 3 rings (SSSR count). The van der Waals surface area contributed by atoms with E-state index in [4.69, 9.17) is 16.3 Å². The Labute approximate surface area is 133 Å². The first-order chi connectivity index (χ1) is 10.7. The average molecular weight is 321 g/mol. The maximum absolute atomic E-state index is 11.9. The first-order valence-electron chi connectivity index (χ1n) is 7.13. The smallest absolute Gasteiger partial charge is 0.319 e. The zero-order valence-electron chi connectivity index (χ0n) is 12.0. The zero-order valence-corrected chi connectivity index (χ0v) is 12.7. The topological polar surface area (TPSA) is 68.2 Å². The summed E-state index contributed by atoms with van der Waals surface area (Å²) >= 11 is 6.25. The molecule has 1 aliphatic rings. The van der Waals surface area contributed by atoms with Gasteiger partial charge in [0, 0.05) is 37.2 Å². The third-order valence-corrected chi connectivity index (χ3v) is 3.87. The van der Waals surface area contributed by atoms with E-state index >= 15 is 0 Å². The van der Waals surface area contributed by atoms with Gasteiger partial charge >= 0.3 is 6.03 Å². The van der Waals surface area contributed by atoms with Crippen molar-refractivity contribution in [3.63, 3.8) is 0 Å². The highest BCUT2D eigenvalue weighted by atomic mass is 35.5. The number of hydrogen-bond acceptors (Lipinski definition) is 3. The van der Waals surface area contributed by atoms with Crippen molar-refractivity contribution in [2.75, 3.05) is 25.1 Å². The van der Waals surface area contributed by atoms with Gasteiger partial charge in [-0.3, -0.25) is 0 Å². The molecule has 116 valence electrons. The monoisotopic (exact) mass is 320 g/mol. The van der Waals surface area contributed by atoms with Crippen molar-refractivity contribution in [1.29, 1.82) is 0 Å². The Kier molecular flexibility index (Phi) is 4.60. The maximum Gasteiger partial charge on any atom is 0.319 e. The molecule has 1 atom stereocenters. The second-order valence-corrected chi connectivity index (χ2v) is 5.61. The average Bonchev–Trinajstić information content (AvgIpc) is 3.19. The van der Waals surface area contributed by atoms with Gasteiger partial charge in [0.05, 0.1) is 23.6 Å². The molecule has 1 aromatic heterocycles. The molecule has 0 radical (unpaired) electrons. The van der Waals surface area contributed by atoms with Crippen molar-refractivity contribution < 1.29 is 9.53 Å². The van der Waals surface area contributed by atoms with Crippen LogP contribution in [-0.2, 0) is 4.74 Å². The summed E-state index contributed by atoms with van der Waals surface area (Å²) in [6, 6.07) is 5.12. The molecule has 0 spiro atoms. The van der Waals surface area contributed by atoms with E-state index in [0.717, 1.165) is 18.7 Å². The Morgan fingerprint density at radius 3 is 3.09 bits per heavy atom. The molecule has 1 aliphatic heterocycles. The minimum Gasteiger partial charge on any atom is -0.381 e. The predicted octanol–water partition coefficient (Wildman–Crippen LogP) is 2.68. The molecule has 1 fully saturated rings. The van der Waals surface area contributed by atoms with Crippen LogP contribution in [0.25, 0.3) is 5.69 Å². The van der Waals surface area contributed by atoms with Crippen LogP contribution >= 0.6 is 11.6 Å². The van der Waals surface area contributed by atoms with Gasteiger partial charge in [-0.1, -0.05) is 11.6 Å². The largest absolute Gasteiger partial charge is 0.381 e. The van der Waals surface area contributed by atoms with E-state index in [9.17, 15) is 4.79 Å². The van der Waals surface area contributed by atoms with E-state index in [0.29, 0.717) is 29.8 Å². The Balaban J connectivity index is 1.58. The summed E-state index contributed by atoms with van der Waals surface area (Å²) in [5.41, 5.74) is 1.46. The standard InChI is InChI=1S/C15H17ClN4O2/c16-13-7-12(1-2-14(13)20-5-4-17-10-20)19-15(21)18-8-11-3-6-22-9-11/h1-2,4-5,7,10-11H,3,6,8-9H2,(H2,18,19,21). The number of anilines is 1. The van der Waals surface area contributed by atoms with Crippen LogP contribution < -0.4 is 10.6 Å². The van der Waals surface area contributed by atoms with Gasteiger partial charge in [-0.25, -0.2) is 9.78 Å². The number of urea groups is 1. The molecule has 2 heterocycles. The van der Waals surface area contributed by atoms with Gasteiger partial charge in [-0.15, -0.1) is 0 Å². The van der Waals surface area contributed by atoms with Crippen LogP contribution in [0.15, 0.2) is 36.9 Å². The van der Waals surface area contributed by atoms with Crippen molar-refractivity contribution in [2.24, 2.45) is 5.92 Å². The highest BCUT2D eigenvalue weighted by Gasteiger charge is 2.16. The summed E-state index contributed by atoms with van der Waals surface area (Å²) in [6.07, 6.45) is 6.16. The highest BCUT2D eigenvalue weighted by molar-refractivity contribution is 6.32. The number of ether oxygens (including phenoxy) is 1. The van der Waals surface area contributed by atoms with Crippen molar-refractivity contribution >= 4 is 23.3 Å². The van der Waals surface area contributed by atoms with E-state index in [2.05, 4.69) is 15.6 Å². The van der Waals surface area contributed by atoms with Crippen molar-refractivity contribution in [2.45, 2.75) is 6.42 Å². The molecular formula is C15H17ClN4O2. The molecule has 6 nitrogen and oxygen atoms in total. The summed E-state index contributed by atoms with van der Waals surface area (Å²) in [6.45, 7) is 2.11. The number of benzene rings is 1. The number of carbonyl (C=O) groups is 1. The fraction of sp³-hybridized carbons (Fsp3) is 0.333. The molecule has 0 saturated carbocycles. The SMILES string of the molecule is O=C(NCC1CCOC1)Nc1ccc(-n2ccnc2)c(Cl)c1. The first kappa shape index (κ1) is 14.9. The Bertz CT molecular complexity index is 639. The highest BCUT2D eigenvalue weighted by Crippen LogP contribution is 2.24. The summed E-state index contributed by atoms with van der Waals surface area (Å²) in [5.74, 6) is 0.401. The van der Waals surface area contributed by atoms with Crippen LogP contribution in [0.5, 0.6) is 0 Å². The van der Waals surface area contributed by atoms with Crippen LogP contribution in [0, 0.1) is 5.92 Å². The minimum atomic E-state index is -0.238. The normalized spacial score (nSPS) is 17.4. The number of rotatable bonds is 4. The number of aromatic nitrogens is 2. The van der Waals surface area contributed by atoms with Crippen LogP contribution in [0.4, 0.5) is 10.5 Å². The number of imidazole rings is 1. The second-order valence-electron chi connectivity index (χ2n) is 5.20. The van der Waals surface area contributed by atoms with Gasteiger partial charge in [0.15, 0.2) is 0 Å². The lowest BCUT2D eigenvalue weighted by molar-refractivity contribution is 0.185. The van der Waals surface area contributed by atoms with E-state index in [-0.39, 0.29) is 6.03 Å². The predicted molar refractivity (Wildman–Crippen MR) is 84.5 cm³/mol. The van der Waals surface area contributed by atoms with Crippen molar-refractivity contribution in [3.8, 4) is 5.69 Å². The summed E-state index contributed by atoms with van der Waals surface area (Å²) in [5, 5.41) is 6.17. The van der Waals surface area contributed by atoms with Gasteiger partial charge in [-0.05, 0) is 24.6 Å². The number of carbonyl (C=O) groups excluding carboxylic acids is 1. The van der Waals surface area contributed by atoms with Crippen LogP contribution in [0.2, 0.25) is 5.02 Å². The van der Waals surface area contributed by atoms with Crippen LogP contribution in [-0.4, -0.2) is 35.3 Å². The van der Waals surface area contributed by atoms with Crippen LogP contribution in [0.3, 0.4) is 0 Å². The van der Waals surface area contributed by atoms with Gasteiger partial charge in [0.2, 0.25) is 0 Å². The maximum atomic E-state index is 11.9. The molecule has 0 bridgehead atoms. The van der Waals surface area contributed by atoms with Gasteiger partial charge in [0.25, 0.3) is 0 Å². The molecule has 2 aromatic rings. The molecular weight excluding hydrogens is 304 g/mol. The fourth-order valence-electron chi connectivity index (χ4n) is 2.35. The van der Waals surface area contributed by atoms with Gasteiger partial charge < -0.3 is 19.9 Å². The van der Waals surface area contributed by atoms with E-state index in [1.165, 1.54) is 0 Å². The van der Waals surface area contributed by atoms with E-state index in [1.54, 1.807) is 24.7 Å². The minimum absolute atomic E-state index is 0.238. The lowest BCUT2D eigenvalue weighted by Gasteiger charge is -2.12. The van der Waals surface area contributed by atoms with E-state index in [1.807, 2.05) is 16.8 Å². The molecule has 0 aliphatic carbocycles. The molecule has 1 unspecified atom stereocenters. The number of halogens is 1. The zero-order chi connectivity index (χ0) is 15.4. The fourth-order valence-corrected chi connectivity index (χ4v) is 2.63. The molecule has 22 heavy (non-hydrogen) atoms. The summed E-state index contributed by atoms with van der Waals surface area (Å²) in [4.78, 5) is 15.9. The number of nitrogens with one attached hydrogen (secondary N) is 2. The first-order valence-corrected chi connectivity index (χ1v) is 7.50.